The van der Waals surface area contributed by atoms with Gasteiger partial charge in [0, 0.05) is 11.8 Å². The van der Waals surface area contributed by atoms with Crippen LogP contribution in [0.2, 0.25) is 0 Å². The fraction of sp³-hybridized carbons (Fsp3) is 0.105. The first kappa shape index (κ1) is 16.6. The average molecular weight is 361 g/mol. The minimum Gasteiger partial charge on any atom is -0.451 e. The molecule has 0 spiro atoms. The lowest BCUT2D eigenvalue weighted by Gasteiger charge is -2.06. The van der Waals surface area contributed by atoms with Gasteiger partial charge in [-0.05, 0) is 32.0 Å². The molecule has 1 amide bonds. The zero-order chi connectivity index (χ0) is 19.0. The third-order valence-corrected chi connectivity index (χ3v) is 3.95. The van der Waals surface area contributed by atoms with Gasteiger partial charge in [0.2, 0.25) is 0 Å². The number of para-hydroxylation sites is 1. The van der Waals surface area contributed by atoms with Crippen LogP contribution in [-0.4, -0.2) is 25.7 Å². The van der Waals surface area contributed by atoms with Crippen molar-refractivity contribution in [2.24, 2.45) is 0 Å². The van der Waals surface area contributed by atoms with E-state index in [1.54, 1.807) is 28.9 Å². The molecule has 27 heavy (non-hydrogen) atoms. The summed E-state index contributed by atoms with van der Waals surface area (Å²) >= 11 is 0. The Kier molecular flexibility index (Phi) is 4.00. The van der Waals surface area contributed by atoms with Crippen molar-refractivity contribution in [1.29, 1.82) is 0 Å². The first-order valence-corrected chi connectivity index (χ1v) is 8.21. The molecule has 0 aliphatic heterocycles. The number of nitrogens with zero attached hydrogens (tertiary/aromatic N) is 4. The van der Waals surface area contributed by atoms with Crippen LogP contribution >= 0.6 is 0 Å². The van der Waals surface area contributed by atoms with Crippen molar-refractivity contribution in [1.82, 2.24) is 19.7 Å². The molecule has 134 valence electrons. The topological polar surface area (TPSA) is 103 Å². The van der Waals surface area contributed by atoms with E-state index in [9.17, 15) is 9.59 Å². The highest BCUT2D eigenvalue weighted by Crippen LogP contribution is 2.14. The molecular weight excluding hydrogens is 346 g/mol. The summed E-state index contributed by atoms with van der Waals surface area (Å²) in [4.78, 5) is 33.0. The van der Waals surface area contributed by atoms with Gasteiger partial charge in [-0.1, -0.05) is 12.1 Å². The Labute approximate surface area is 153 Å². The molecular formula is C19H15N5O3. The first-order chi connectivity index (χ1) is 13.0. The first-order valence-electron chi connectivity index (χ1n) is 8.21. The number of nitrogens with one attached hydrogen (secondary N) is 1. The Morgan fingerprint density at radius 1 is 1.11 bits per heavy atom. The third kappa shape index (κ3) is 3.20. The van der Waals surface area contributed by atoms with Crippen molar-refractivity contribution in [2.45, 2.75) is 13.8 Å². The molecule has 0 saturated heterocycles. The molecule has 8 heteroatoms. The Hall–Kier alpha value is -3.81. The Balaban J connectivity index is 1.58. The van der Waals surface area contributed by atoms with E-state index in [1.807, 2.05) is 19.9 Å². The average Bonchev–Trinajstić information content (AvgIpc) is 3.00. The predicted octanol–water partition coefficient (Wildman–Crippen LogP) is 2.64. The molecule has 1 aromatic carbocycles. The van der Waals surface area contributed by atoms with Crippen LogP contribution in [0, 0.1) is 13.8 Å². The summed E-state index contributed by atoms with van der Waals surface area (Å²) in [5.41, 5.74) is 2.22. The molecule has 0 atom stereocenters. The van der Waals surface area contributed by atoms with Crippen molar-refractivity contribution in [3.63, 3.8) is 0 Å². The maximum atomic E-state index is 12.4. The quantitative estimate of drug-likeness (QED) is 0.602. The number of benzene rings is 1. The molecule has 4 aromatic rings. The van der Waals surface area contributed by atoms with Gasteiger partial charge in [0.25, 0.3) is 11.9 Å². The second kappa shape index (κ2) is 6.49. The van der Waals surface area contributed by atoms with Crippen molar-refractivity contribution < 1.29 is 9.21 Å². The number of rotatable bonds is 3. The number of aryl methyl sites for hydroxylation is 2. The van der Waals surface area contributed by atoms with Crippen LogP contribution in [0.5, 0.6) is 0 Å². The molecule has 4 rings (SSSR count). The highest BCUT2D eigenvalue weighted by Gasteiger charge is 2.13. The molecule has 8 nitrogen and oxygen atoms in total. The second-order valence-corrected chi connectivity index (χ2v) is 6.04. The summed E-state index contributed by atoms with van der Waals surface area (Å²) in [5, 5.41) is 7.36. The van der Waals surface area contributed by atoms with E-state index in [2.05, 4.69) is 20.4 Å². The van der Waals surface area contributed by atoms with Crippen LogP contribution in [0.15, 0.2) is 58.0 Å². The fourth-order valence-corrected chi connectivity index (χ4v) is 2.74. The lowest BCUT2D eigenvalue weighted by molar-refractivity contribution is 0.0997. The van der Waals surface area contributed by atoms with Gasteiger partial charge >= 0.3 is 0 Å². The Morgan fingerprint density at radius 2 is 1.85 bits per heavy atom. The summed E-state index contributed by atoms with van der Waals surface area (Å²) in [6.07, 6.45) is 2.94. The zero-order valence-electron chi connectivity index (χ0n) is 14.6. The van der Waals surface area contributed by atoms with Crippen molar-refractivity contribution in [3.8, 4) is 5.95 Å². The lowest BCUT2D eigenvalue weighted by atomic mass is 10.2. The molecule has 0 saturated carbocycles. The molecule has 0 bridgehead atoms. The van der Waals surface area contributed by atoms with Crippen molar-refractivity contribution in [2.75, 3.05) is 5.32 Å². The third-order valence-electron chi connectivity index (χ3n) is 3.95. The summed E-state index contributed by atoms with van der Waals surface area (Å²) < 4.78 is 7.14. The number of aromatic nitrogens is 4. The number of amides is 1. The number of carbonyl (C=O) groups is 1. The van der Waals surface area contributed by atoms with Gasteiger partial charge in [-0.25, -0.2) is 14.6 Å². The van der Waals surface area contributed by atoms with Crippen LogP contribution in [0.1, 0.15) is 21.9 Å². The second-order valence-electron chi connectivity index (χ2n) is 6.04. The van der Waals surface area contributed by atoms with E-state index in [1.165, 1.54) is 18.5 Å². The SMILES string of the molecule is Cc1cc(C)n(-c2ncc(NC(=O)c3cc(=O)c4ccccc4o3)cn2)n1. The van der Waals surface area contributed by atoms with E-state index >= 15 is 0 Å². The number of hydrogen-bond donors (Lipinski definition) is 1. The maximum absolute atomic E-state index is 12.4. The smallest absolute Gasteiger partial charge is 0.291 e. The normalized spacial score (nSPS) is 10.9. The highest BCUT2D eigenvalue weighted by atomic mass is 16.3. The van der Waals surface area contributed by atoms with E-state index in [4.69, 9.17) is 4.42 Å². The number of anilines is 1. The van der Waals surface area contributed by atoms with Crippen LogP contribution < -0.4 is 10.7 Å². The lowest BCUT2D eigenvalue weighted by Crippen LogP contribution is -2.15. The predicted molar refractivity (Wildman–Crippen MR) is 99.1 cm³/mol. The highest BCUT2D eigenvalue weighted by molar-refractivity contribution is 6.02. The van der Waals surface area contributed by atoms with Crippen molar-refractivity contribution >= 4 is 22.6 Å². The van der Waals surface area contributed by atoms with Gasteiger partial charge in [0.15, 0.2) is 11.2 Å². The number of carbonyl (C=O) groups excluding carboxylic acids is 1. The summed E-state index contributed by atoms with van der Waals surface area (Å²) in [5.74, 6) is -0.238. The molecule has 1 N–H and O–H groups in total. The van der Waals surface area contributed by atoms with Crippen LogP contribution in [0.3, 0.4) is 0 Å². The summed E-state index contributed by atoms with van der Waals surface area (Å²) in [6, 6.07) is 9.84. The fourth-order valence-electron chi connectivity index (χ4n) is 2.74. The molecule has 3 aromatic heterocycles. The van der Waals surface area contributed by atoms with E-state index < -0.39 is 5.91 Å². The van der Waals surface area contributed by atoms with Gasteiger partial charge in [0.05, 0.1) is 29.2 Å². The standard InChI is InChI=1S/C19H15N5O3/c1-11-7-12(2)24(23-11)19-20-9-13(10-21-19)22-18(26)17-8-15(25)14-5-3-4-6-16(14)27-17/h3-10H,1-2H3,(H,22,26). The van der Waals surface area contributed by atoms with E-state index in [0.29, 0.717) is 22.6 Å². The molecule has 0 fully saturated rings. The zero-order valence-corrected chi connectivity index (χ0v) is 14.6. The molecule has 0 radical (unpaired) electrons. The summed E-state index contributed by atoms with van der Waals surface area (Å²) in [6.45, 7) is 3.79. The van der Waals surface area contributed by atoms with Gasteiger partial charge in [-0.15, -0.1) is 0 Å². The van der Waals surface area contributed by atoms with E-state index in [-0.39, 0.29) is 11.2 Å². The van der Waals surface area contributed by atoms with Crippen LogP contribution in [0.4, 0.5) is 5.69 Å². The van der Waals surface area contributed by atoms with Gasteiger partial charge < -0.3 is 9.73 Å². The molecule has 0 unspecified atom stereocenters. The Bertz CT molecular complexity index is 1210. The van der Waals surface area contributed by atoms with Gasteiger partial charge in [0.1, 0.15) is 5.58 Å². The minimum atomic E-state index is -0.555. The van der Waals surface area contributed by atoms with Crippen LogP contribution in [-0.2, 0) is 0 Å². The minimum absolute atomic E-state index is 0.0821. The number of fused-ring (bicyclic) bond motifs is 1. The van der Waals surface area contributed by atoms with Crippen molar-refractivity contribution in [3.05, 3.63) is 76.2 Å². The largest absolute Gasteiger partial charge is 0.451 e. The molecule has 3 heterocycles. The molecule has 0 aliphatic carbocycles. The van der Waals surface area contributed by atoms with Gasteiger partial charge in [-0.2, -0.15) is 5.10 Å². The monoisotopic (exact) mass is 361 g/mol. The van der Waals surface area contributed by atoms with Crippen LogP contribution in [0.25, 0.3) is 16.9 Å². The Morgan fingerprint density at radius 3 is 2.56 bits per heavy atom. The van der Waals surface area contributed by atoms with E-state index in [0.717, 1.165) is 11.4 Å². The summed E-state index contributed by atoms with van der Waals surface area (Å²) in [7, 11) is 0. The van der Waals surface area contributed by atoms with Gasteiger partial charge in [-0.3, -0.25) is 9.59 Å². The maximum Gasteiger partial charge on any atom is 0.291 e. The molecule has 0 aliphatic rings. The number of hydrogen-bond acceptors (Lipinski definition) is 6.